The molecule has 7 heteroatoms. The van der Waals surface area contributed by atoms with E-state index in [1.54, 1.807) is 23.3 Å². The monoisotopic (exact) mass is 349 g/mol. The first-order chi connectivity index (χ1) is 12.8. The standard InChI is InChI=1S/C19H19N5O2/c25-19(17-12-18(26-22-17)13-4-2-1-3-5-13)23-14-6-7-15(23)11-16(10-14)24-20-8-9-21-24/h1-5,8-9,12,14-16H,6-7,10-11H2. The van der Waals surface area contributed by atoms with Gasteiger partial charge in [0.15, 0.2) is 11.5 Å². The van der Waals surface area contributed by atoms with Crippen molar-refractivity contribution in [1.82, 2.24) is 25.1 Å². The minimum atomic E-state index is -0.0321. The van der Waals surface area contributed by atoms with Crippen LogP contribution >= 0.6 is 0 Å². The summed E-state index contributed by atoms with van der Waals surface area (Å²) in [5.74, 6) is 0.590. The van der Waals surface area contributed by atoms with Crippen molar-refractivity contribution < 1.29 is 9.32 Å². The molecule has 4 heterocycles. The van der Waals surface area contributed by atoms with Crippen LogP contribution in [0, 0.1) is 0 Å². The zero-order chi connectivity index (χ0) is 17.5. The van der Waals surface area contributed by atoms with Crippen LogP contribution in [-0.4, -0.2) is 43.0 Å². The zero-order valence-electron chi connectivity index (χ0n) is 14.2. The number of aromatic nitrogens is 4. The fourth-order valence-corrected chi connectivity index (χ4v) is 4.33. The summed E-state index contributed by atoms with van der Waals surface area (Å²) in [4.78, 5) is 16.9. The van der Waals surface area contributed by atoms with Crippen molar-refractivity contribution in [2.75, 3.05) is 0 Å². The molecule has 26 heavy (non-hydrogen) atoms. The molecule has 0 saturated carbocycles. The van der Waals surface area contributed by atoms with Crippen LogP contribution in [0.4, 0.5) is 0 Å². The van der Waals surface area contributed by atoms with E-state index in [2.05, 4.69) is 15.4 Å². The molecule has 2 aromatic heterocycles. The fourth-order valence-electron chi connectivity index (χ4n) is 4.33. The molecule has 132 valence electrons. The maximum absolute atomic E-state index is 13.1. The number of benzene rings is 1. The Labute approximate surface area is 150 Å². The first kappa shape index (κ1) is 15.3. The van der Waals surface area contributed by atoms with Gasteiger partial charge in [0, 0.05) is 23.7 Å². The SMILES string of the molecule is O=C(c1cc(-c2ccccc2)on1)N1C2CCC1CC(n1nccn1)C2. The van der Waals surface area contributed by atoms with E-state index in [0.29, 0.717) is 11.5 Å². The third-order valence-electron chi connectivity index (χ3n) is 5.49. The Kier molecular flexibility index (Phi) is 3.58. The van der Waals surface area contributed by atoms with E-state index in [1.165, 1.54) is 0 Å². The van der Waals surface area contributed by atoms with Gasteiger partial charge in [0.2, 0.25) is 0 Å². The second kappa shape index (κ2) is 6.09. The molecule has 2 unspecified atom stereocenters. The second-order valence-corrected chi connectivity index (χ2v) is 7.01. The summed E-state index contributed by atoms with van der Waals surface area (Å²) in [7, 11) is 0. The number of piperidine rings is 1. The maximum atomic E-state index is 13.1. The van der Waals surface area contributed by atoms with E-state index in [9.17, 15) is 4.79 Å². The molecular weight excluding hydrogens is 330 g/mol. The summed E-state index contributed by atoms with van der Waals surface area (Å²) in [5.41, 5.74) is 1.31. The van der Waals surface area contributed by atoms with Crippen LogP contribution in [0.2, 0.25) is 0 Å². The molecule has 2 bridgehead atoms. The van der Waals surface area contributed by atoms with Crippen LogP contribution in [0.3, 0.4) is 0 Å². The number of hydrogen-bond donors (Lipinski definition) is 0. The lowest BCUT2D eigenvalue weighted by molar-refractivity contribution is 0.0502. The number of amides is 1. The molecule has 1 aromatic carbocycles. The van der Waals surface area contributed by atoms with Gasteiger partial charge < -0.3 is 9.42 Å². The van der Waals surface area contributed by atoms with E-state index in [1.807, 2.05) is 35.2 Å². The van der Waals surface area contributed by atoms with Crippen LogP contribution in [0.25, 0.3) is 11.3 Å². The van der Waals surface area contributed by atoms with Gasteiger partial charge in [0.1, 0.15) is 0 Å². The molecule has 0 radical (unpaired) electrons. The number of nitrogens with zero attached hydrogens (tertiary/aromatic N) is 5. The lowest BCUT2D eigenvalue weighted by atomic mass is 9.97. The van der Waals surface area contributed by atoms with Gasteiger partial charge in [-0.3, -0.25) is 4.79 Å². The number of hydrogen-bond acceptors (Lipinski definition) is 5. The van der Waals surface area contributed by atoms with Crippen molar-refractivity contribution in [3.8, 4) is 11.3 Å². The molecule has 2 saturated heterocycles. The molecule has 5 rings (SSSR count). The normalized spacial score (nSPS) is 24.8. The highest BCUT2D eigenvalue weighted by molar-refractivity contribution is 5.93. The van der Waals surface area contributed by atoms with Crippen molar-refractivity contribution in [2.24, 2.45) is 0 Å². The third kappa shape index (κ3) is 2.51. The molecule has 2 atom stereocenters. The van der Waals surface area contributed by atoms with Gasteiger partial charge >= 0.3 is 0 Å². The quantitative estimate of drug-likeness (QED) is 0.726. The highest BCUT2D eigenvalue weighted by Gasteiger charge is 2.45. The van der Waals surface area contributed by atoms with Gasteiger partial charge in [0.25, 0.3) is 5.91 Å². The van der Waals surface area contributed by atoms with E-state index < -0.39 is 0 Å². The van der Waals surface area contributed by atoms with Crippen LogP contribution < -0.4 is 0 Å². The predicted molar refractivity (Wildman–Crippen MR) is 93.2 cm³/mol. The molecule has 2 fully saturated rings. The van der Waals surface area contributed by atoms with Crippen LogP contribution in [0.5, 0.6) is 0 Å². The summed E-state index contributed by atoms with van der Waals surface area (Å²) in [6.45, 7) is 0. The summed E-state index contributed by atoms with van der Waals surface area (Å²) in [6, 6.07) is 12.2. The van der Waals surface area contributed by atoms with Crippen LogP contribution in [0.15, 0.2) is 53.3 Å². The molecule has 0 aliphatic carbocycles. The van der Waals surface area contributed by atoms with Gasteiger partial charge in [-0.15, -0.1) is 0 Å². The lowest BCUT2D eigenvalue weighted by Gasteiger charge is -2.38. The average Bonchev–Trinajstić information content (AvgIpc) is 3.42. The molecule has 2 aliphatic heterocycles. The smallest absolute Gasteiger partial charge is 0.276 e. The van der Waals surface area contributed by atoms with Gasteiger partial charge in [-0.25, -0.2) is 0 Å². The summed E-state index contributed by atoms with van der Waals surface area (Å²) in [6.07, 6.45) is 7.25. The Morgan fingerprint density at radius 1 is 1.00 bits per heavy atom. The maximum Gasteiger partial charge on any atom is 0.276 e. The topological polar surface area (TPSA) is 77.0 Å². The number of rotatable bonds is 3. The molecule has 7 nitrogen and oxygen atoms in total. The van der Waals surface area contributed by atoms with Crippen LogP contribution in [-0.2, 0) is 0 Å². The minimum absolute atomic E-state index is 0.0321. The summed E-state index contributed by atoms with van der Waals surface area (Å²) >= 11 is 0. The minimum Gasteiger partial charge on any atom is -0.355 e. The largest absolute Gasteiger partial charge is 0.355 e. The van der Waals surface area contributed by atoms with Gasteiger partial charge in [-0.2, -0.15) is 15.0 Å². The number of carbonyl (C=O) groups is 1. The van der Waals surface area contributed by atoms with E-state index in [-0.39, 0.29) is 24.0 Å². The van der Waals surface area contributed by atoms with E-state index in [4.69, 9.17) is 4.52 Å². The lowest BCUT2D eigenvalue weighted by Crippen LogP contribution is -2.47. The van der Waals surface area contributed by atoms with Crippen molar-refractivity contribution in [3.05, 3.63) is 54.5 Å². The highest BCUT2D eigenvalue weighted by atomic mass is 16.5. The zero-order valence-corrected chi connectivity index (χ0v) is 14.2. The predicted octanol–water partition coefficient (Wildman–Crippen LogP) is 2.94. The third-order valence-corrected chi connectivity index (χ3v) is 5.49. The second-order valence-electron chi connectivity index (χ2n) is 7.01. The molecule has 3 aromatic rings. The van der Waals surface area contributed by atoms with Crippen LogP contribution in [0.1, 0.15) is 42.2 Å². The van der Waals surface area contributed by atoms with E-state index in [0.717, 1.165) is 31.2 Å². The van der Waals surface area contributed by atoms with Gasteiger partial charge in [-0.05, 0) is 25.7 Å². The van der Waals surface area contributed by atoms with Gasteiger partial charge in [-0.1, -0.05) is 35.5 Å². The Bertz CT molecular complexity index is 891. The van der Waals surface area contributed by atoms with Crippen molar-refractivity contribution in [2.45, 2.75) is 43.8 Å². The molecule has 0 spiro atoms. The Balaban J connectivity index is 1.36. The molecular formula is C19H19N5O2. The van der Waals surface area contributed by atoms with E-state index >= 15 is 0 Å². The number of carbonyl (C=O) groups excluding carboxylic acids is 1. The van der Waals surface area contributed by atoms with Crippen molar-refractivity contribution >= 4 is 5.91 Å². The van der Waals surface area contributed by atoms with Crippen molar-refractivity contribution in [1.29, 1.82) is 0 Å². The van der Waals surface area contributed by atoms with Gasteiger partial charge in [0.05, 0.1) is 18.4 Å². The Hall–Kier alpha value is -2.96. The number of fused-ring (bicyclic) bond motifs is 2. The molecule has 2 aliphatic rings. The summed E-state index contributed by atoms with van der Waals surface area (Å²) < 4.78 is 5.41. The summed E-state index contributed by atoms with van der Waals surface area (Å²) in [5, 5.41) is 12.6. The first-order valence-corrected chi connectivity index (χ1v) is 9.00. The first-order valence-electron chi connectivity index (χ1n) is 9.00. The Morgan fingerprint density at radius 2 is 1.69 bits per heavy atom. The van der Waals surface area contributed by atoms with Crippen molar-refractivity contribution in [3.63, 3.8) is 0 Å². The molecule has 1 amide bonds. The average molecular weight is 349 g/mol. The fraction of sp³-hybridized carbons (Fsp3) is 0.368. The Morgan fingerprint density at radius 3 is 2.38 bits per heavy atom. The highest BCUT2D eigenvalue weighted by Crippen LogP contribution is 2.41. The molecule has 0 N–H and O–H groups in total.